The topological polar surface area (TPSA) is 77.9 Å². The zero-order valence-electron chi connectivity index (χ0n) is 18.0. The Bertz CT molecular complexity index is 481. The highest BCUT2D eigenvalue weighted by atomic mass is 16.4. The molecule has 6 heteroatoms. The lowest BCUT2D eigenvalue weighted by atomic mass is 10.0. The van der Waals surface area contributed by atoms with Crippen LogP contribution >= 0.6 is 0 Å². The average molecular weight is 397 g/mol. The fourth-order valence-electron chi connectivity index (χ4n) is 3.78. The number of carbonyl (C=O) groups is 3. The Morgan fingerprint density at radius 3 is 2.11 bits per heavy atom. The molecule has 1 unspecified atom stereocenters. The Morgan fingerprint density at radius 1 is 0.821 bits per heavy atom. The minimum Gasteiger partial charge on any atom is -0.481 e. The Kier molecular flexibility index (Phi) is 12.6. The van der Waals surface area contributed by atoms with Gasteiger partial charge in [0.25, 0.3) is 5.91 Å². The third-order valence-electron chi connectivity index (χ3n) is 5.51. The highest BCUT2D eigenvalue weighted by molar-refractivity contribution is 6.04. The first kappa shape index (κ1) is 24.4. The summed E-state index contributed by atoms with van der Waals surface area (Å²) >= 11 is 0. The van der Waals surface area contributed by atoms with Crippen LogP contribution in [0.3, 0.4) is 0 Å². The van der Waals surface area contributed by atoms with Gasteiger partial charge in [-0.05, 0) is 25.7 Å². The van der Waals surface area contributed by atoms with Gasteiger partial charge in [-0.15, -0.1) is 0 Å². The molecule has 0 spiro atoms. The van der Waals surface area contributed by atoms with Crippen LogP contribution in [0.2, 0.25) is 0 Å². The summed E-state index contributed by atoms with van der Waals surface area (Å²) in [5.41, 5.74) is 0. The number of aliphatic carboxylic acids is 1. The summed E-state index contributed by atoms with van der Waals surface area (Å²) in [7, 11) is 0. The van der Waals surface area contributed by atoms with Crippen LogP contribution in [0.5, 0.6) is 0 Å². The van der Waals surface area contributed by atoms with E-state index in [-0.39, 0.29) is 24.4 Å². The Morgan fingerprint density at radius 2 is 1.43 bits per heavy atom. The van der Waals surface area contributed by atoms with Crippen molar-refractivity contribution in [2.45, 2.75) is 110 Å². The standard InChI is InChI=1S/C22H40N2O4/c1-3-5-7-8-9-12-15-19-21(27)24(17-6-4-2)22(28)23(19)18-14-11-10-13-16-20(25)26/h19H,3-18H2,1-2H3,(H,25,26). The smallest absolute Gasteiger partial charge is 0.327 e. The molecule has 0 aliphatic carbocycles. The first-order valence-electron chi connectivity index (χ1n) is 11.4. The lowest BCUT2D eigenvalue weighted by molar-refractivity contribution is -0.137. The van der Waals surface area contributed by atoms with Crippen molar-refractivity contribution in [1.82, 2.24) is 9.80 Å². The Hall–Kier alpha value is -1.59. The second-order valence-electron chi connectivity index (χ2n) is 7.95. The number of unbranched alkanes of at least 4 members (excludes halogenated alkanes) is 9. The number of hydrogen-bond donors (Lipinski definition) is 1. The highest BCUT2D eigenvalue weighted by Crippen LogP contribution is 2.24. The predicted octanol–water partition coefficient (Wildman–Crippen LogP) is 5.21. The average Bonchev–Trinajstić information content (AvgIpc) is 2.88. The zero-order valence-corrected chi connectivity index (χ0v) is 18.0. The molecule has 1 saturated heterocycles. The van der Waals surface area contributed by atoms with Crippen molar-refractivity contribution in [2.24, 2.45) is 0 Å². The first-order chi connectivity index (χ1) is 13.5. The fourth-order valence-corrected chi connectivity index (χ4v) is 3.78. The maximum atomic E-state index is 12.8. The zero-order chi connectivity index (χ0) is 20.8. The molecule has 1 aliphatic heterocycles. The van der Waals surface area contributed by atoms with E-state index >= 15 is 0 Å². The minimum absolute atomic E-state index is 0.0158. The van der Waals surface area contributed by atoms with E-state index in [1.54, 1.807) is 4.90 Å². The normalized spacial score (nSPS) is 17.0. The van der Waals surface area contributed by atoms with Gasteiger partial charge >= 0.3 is 12.0 Å². The molecule has 1 aliphatic rings. The number of amides is 3. The lowest BCUT2D eigenvalue weighted by Gasteiger charge is -2.22. The number of nitrogens with zero attached hydrogens (tertiary/aromatic N) is 2. The molecule has 3 amide bonds. The molecule has 0 saturated carbocycles. The number of urea groups is 1. The van der Waals surface area contributed by atoms with E-state index < -0.39 is 5.97 Å². The van der Waals surface area contributed by atoms with Crippen molar-refractivity contribution in [3.05, 3.63) is 0 Å². The third kappa shape index (κ3) is 8.61. The number of carbonyl (C=O) groups excluding carboxylic acids is 2. The molecular weight excluding hydrogens is 356 g/mol. The molecule has 0 aromatic rings. The van der Waals surface area contributed by atoms with Crippen LogP contribution < -0.4 is 0 Å². The van der Waals surface area contributed by atoms with Gasteiger partial charge in [0.1, 0.15) is 6.04 Å². The third-order valence-corrected chi connectivity index (χ3v) is 5.51. The van der Waals surface area contributed by atoms with Crippen molar-refractivity contribution in [3.63, 3.8) is 0 Å². The van der Waals surface area contributed by atoms with Crippen LogP contribution in [-0.2, 0) is 9.59 Å². The summed E-state index contributed by atoms with van der Waals surface area (Å²) in [5, 5.41) is 8.70. The van der Waals surface area contributed by atoms with E-state index in [1.807, 2.05) is 0 Å². The maximum absolute atomic E-state index is 12.8. The van der Waals surface area contributed by atoms with Crippen LogP contribution in [0.1, 0.15) is 104 Å². The van der Waals surface area contributed by atoms with Crippen molar-refractivity contribution < 1.29 is 19.5 Å². The Labute approximate surface area is 170 Å². The van der Waals surface area contributed by atoms with Crippen molar-refractivity contribution in [2.75, 3.05) is 13.1 Å². The Balaban J connectivity index is 2.49. The van der Waals surface area contributed by atoms with E-state index in [2.05, 4.69) is 13.8 Å². The molecule has 0 aromatic heterocycles. The maximum Gasteiger partial charge on any atom is 0.327 e. The van der Waals surface area contributed by atoms with Crippen molar-refractivity contribution in [3.8, 4) is 0 Å². The second-order valence-corrected chi connectivity index (χ2v) is 7.95. The summed E-state index contributed by atoms with van der Waals surface area (Å²) in [4.78, 5) is 39.4. The van der Waals surface area contributed by atoms with Crippen molar-refractivity contribution >= 4 is 17.9 Å². The molecule has 1 N–H and O–H groups in total. The van der Waals surface area contributed by atoms with Crippen LogP contribution in [0.25, 0.3) is 0 Å². The van der Waals surface area contributed by atoms with Gasteiger partial charge in [-0.2, -0.15) is 0 Å². The van der Waals surface area contributed by atoms with Gasteiger partial charge in [-0.25, -0.2) is 4.79 Å². The van der Waals surface area contributed by atoms with Crippen LogP contribution in [0, 0.1) is 0 Å². The predicted molar refractivity (Wildman–Crippen MR) is 111 cm³/mol. The van der Waals surface area contributed by atoms with Crippen LogP contribution in [-0.4, -0.2) is 51.9 Å². The number of imide groups is 1. The monoisotopic (exact) mass is 396 g/mol. The van der Waals surface area contributed by atoms with Gasteiger partial charge in [-0.3, -0.25) is 14.5 Å². The van der Waals surface area contributed by atoms with E-state index in [1.165, 1.54) is 30.6 Å². The summed E-state index contributed by atoms with van der Waals surface area (Å²) in [6, 6.07) is -0.422. The second kappa shape index (κ2) is 14.4. The van der Waals surface area contributed by atoms with Gasteiger partial charge in [0.15, 0.2) is 0 Å². The number of carboxylic acid groups (broad SMARTS) is 1. The van der Waals surface area contributed by atoms with E-state index in [9.17, 15) is 14.4 Å². The van der Waals surface area contributed by atoms with Gasteiger partial charge < -0.3 is 10.0 Å². The number of rotatable bonds is 17. The molecule has 6 nitrogen and oxygen atoms in total. The molecule has 1 fully saturated rings. The minimum atomic E-state index is -0.758. The summed E-state index contributed by atoms with van der Waals surface area (Å²) in [5.74, 6) is -0.774. The summed E-state index contributed by atoms with van der Waals surface area (Å²) in [6.07, 6.45) is 13.1. The SMILES string of the molecule is CCCCCCCCC1C(=O)N(CCCC)C(=O)N1CCCCCCC(=O)O. The van der Waals surface area contributed by atoms with Gasteiger partial charge in [-0.1, -0.05) is 71.6 Å². The van der Waals surface area contributed by atoms with Crippen LogP contribution in [0.15, 0.2) is 0 Å². The molecular formula is C22H40N2O4. The fraction of sp³-hybridized carbons (Fsp3) is 0.864. The molecule has 0 radical (unpaired) electrons. The molecule has 0 bridgehead atoms. The van der Waals surface area contributed by atoms with Gasteiger partial charge in [0.2, 0.25) is 0 Å². The molecule has 162 valence electrons. The van der Waals surface area contributed by atoms with E-state index in [4.69, 9.17) is 5.11 Å². The highest BCUT2D eigenvalue weighted by Gasteiger charge is 2.43. The lowest BCUT2D eigenvalue weighted by Crippen LogP contribution is -2.36. The molecule has 1 rings (SSSR count). The molecule has 1 heterocycles. The van der Waals surface area contributed by atoms with E-state index in [0.717, 1.165) is 51.4 Å². The number of carboxylic acids is 1. The molecule has 28 heavy (non-hydrogen) atoms. The first-order valence-corrected chi connectivity index (χ1v) is 11.4. The molecule has 0 aromatic carbocycles. The summed E-state index contributed by atoms with van der Waals surface area (Å²) in [6.45, 7) is 5.39. The van der Waals surface area contributed by atoms with Crippen LogP contribution in [0.4, 0.5) is 4.79 Å². The summed E-state index contributed by atoms with van der Waals surface area (Å²) < 4.78 is 0. The van der Waals surface area contributed by atoms with Gasteiger partial charge in [0.05, 0.1) is 0 Å². The van der Waals surface area contributed by atoms with E-state index in [0.29, 0.717) is 19.5 Å². The molecule has 1 atom stereocenters. The largest absolute Gasteiger partial charge is 0.481 e. The van der Waals surface area contributed by atoms with Crippen molar-refractivity contribution in [1.29, 1.82) is 0 Å². The number of hydrogen-bond acceptors (Lipinski definition) is 3. The quantitative estimate of drug-likeness (QED) is 0.270. The van der Waals surface area contributed by atoms with Gasteiger partial charge in [0, 0.05) is 19.5 Å².